The van der Waals surface area contributed by atoms with E-state index in [4.69, 9.17) is 16.8 Å². The summed E-state index contributed by atoms with van der Waals surface area (Å²) in [6.45, 7) is 1.45. The Kier molecular flexibility index (Phi) is 4.85. The predicted octanol–water partition coefficient (Wildman–Crippen LogP) is 1.21. The lowest BCUT2D eigenvalue weighted by Gasteiger charge is -2.11. The molecule has 3 N–H and O–H groups in total. The number of benzene rings is 1. The molecular weight excluding hydrogens is 250 g/mol. The molecule has 0 bridgehead atoms. The van der Waals surface area contributed by atoms with Gasteiger partial charge in [-0.2, -0.15) is 5.23 Å². The Hall–Kier alpha value is -1.67. The van der Waals surface area contributed by atoms with Crippen molar-refractivity contribution in [2.75, 3.05) is 5.32 Å². The van der Waals surface area contributed by atoms with Gasteiger partial charge in [0.2, 0.25) is 0 Å². The Balaban J connectivity index is 2.57. The van der Waals surface area contributed by atoms with Gasteiger partial charge in [0.05, 0.1) is 0 Å². The van der Waals surface area contributed by atoms with Crippen molar-refractivity contribution in [2.45, 2.75) is 6.92 Å². The summed E-state index contributed by atoms with van der Waals surface area (Å²) in [5.41, 5.74) is 0.515. The first-order chi connectivity index (χ1) is 7.99. The maximum absolute atomic E-state index is 11.1. The molecule has 1 aromatic carbocycles. The van der Waals surface area contributed by atoms with Crippen LogP contribution in [0.15, 0.2) is 29.4 Å². The van der Waals surface area contributed by atoms with Crippen LogP contribution in [0.1, 0.15) is 6.92 Å². The molecule has 0 saturated carbocycles. The number of anilines is 1. The van der Waals surface area contributed by atoms with Gasteiger partial charge in [0.25, 0.3) is 0 Å². The molecule has 7 nitrogen and oxygen atoms in total. The third-order valence-corrected chi connectivity index (χ3v) is 1.70. The molecule has 1 amide bonds. The molecule has 92 valence electrons. The number of hydrogen-bond acceptors (Lipinski definition) is 5. The third-order valence-electron chi connectivity index (χ3n) is 1.63. The van der Waals surface area contributed by atoms with E-state index in [0.717, 1.165) is 0 Å². The molecule has 8 heteroatoms. The number of halogens is 1. The summed E-state index contributed by atoms with van der Waals surface area (Å²) in [4.78, 5) is 15.5. The van der Waals surface area contributed by atoms with Gasteiger partial charge in [0, 0.05) is 17.8 Å². The molecule has 1 rings (SSSR count). The van der Waals surface area contributed by atoms with Gasteiger partial charge in [-0.05, 0) is 19.1 Å². The smallest absolute Gasteiger partial charge is 0.437 e. The first kappa shape index (κ1) is 13.4. The van der Waals surface area contributed by atoms with Crippen molar-refractivity contribution >= 4 is 34.2 Å². The van der Waals surface area contributed by atoms with Crippen LogP contribution in [-0.4, -0.2) is 16.5 Å². The highest BCUT2D eigenvalue weighted by Crippen LogP contribution is 2.10. The van der Waals surface area contributed by atoms with Crippen LogP contribution in [0.3, 0.4) is 0 Å². The number of nitrogens with zero attached hydrogens (tertiary/aromatic N) is 1. The van der Waals surface area contributed by atoms with Gasteiger partial charge in [-0.1, -0.05) is 16.8 Å². The fraction of sp³-hybridized carbons (Fsp3) is 0.111. The number of quaternary nitrogens is 1. The highest BCUT2D eigenvalue weighted by molar-refractivity contribution is 6.64. The monoisotopic (exact) mass is 259 g/mol. The van der Waals surface area contributed by atoms with Gasteiger partial charge in [0.1, 0.15) is 5.17 Å². The Morgan fingerprint density at radius 1 is 1.53 bits per heavy atom. The van der Waals surface area contributed by atoms with Crippen molar-refractivity contribution in [1.82, 2.24) is 0 Å². The van der Waals surface area contributed by atoms with Crippen LogP contribution < -0.4 is 10.5 Å². The maximum atomic E-state index is 11.1. The normalized spacial score (nSPS) is 13.1. The van der Waals surface area contributed by atoms with Crippen molar-refractivity contribution in [3.05, 3.63) is 29.5 Å². The molecular formula is C9H10ClN3O4. The zero-order valence-corrected chi connectivity index (χ0v) is 9.56. The minimum Gasteiger partial charge on any atom is -0.595 e. The van der Waals surface area contributed by atoms with Gasteiger partial charge in [-0.15, -0.1) is 0 Å². The van der Waals surface area contributed by atoms with E-state index >= 15 is 0 Å². The number of carbonyl (C=O) groups is 1. The largest absolute Gasteiger partial charge is 0.595 e. The first-order valence-electron chi connectivity index (χ1n) is 4.50. The van der Waals surface area contributed by atoms with Crippen molar-refractivity contribution in [3.8, 4) is 0 Å². The van der Waals surface area contributed by atoms with Crippen LogP contribution >= 0.6 is 11.6 Å². The molecule has 0 radical (unpaired) electrons. The number of rotatable bonds is 3. The fourth-order valence-corrected chi connectivity index (χ4v) is 0.976. The fourth-order valence-electron chi connectivity index (χ4n) is 0.941. The van der Waals surface area contributed by atoms with Crippen molar-refractivity contribution in [3.63, 3.8) is 0 Å². The van der Waals surface area contributed by atoms with Gasteiger partial charge >= 0.3 is 6.09 Å². The summed E-state index contributed by atoms with van der Waals surface area (Å²) in [5.74, 6) is 0. The maximum Gasteiger partial charge on any atom is 0.437 e. The lowest BCUT2D eigenvalue weighted by atomic mass is 10.3. The number of carbonyl (C=O) groups excluding carboxylic acids is 1. The highest BCUT2D eigenvalue weighted by Gasteiger charge is 2.04. The van der Waals surface area contributed by atoms with E-state index in [9.17, 15) is 10.0 Å². The van der Waals surface area contributed by atoms with Gasteiger partial charge in [0.15, 0.2) is 5.69 Å². The molecule has 1 unspecified atom stereocenters. The van der Waals surface area contributed by atoms with Crippen LogP contribution in [-0.2, 0) is 4.84 Å². The predicted molar refractivity (Wildman–Crippen MR) is 61.3 cm³/mol. The lowest BCUT2D eigenvalue weighted by Crippen LogP contribution is -2.99. The molecule has 0 aliphatic heterocycles. The number of amides is 1. The van der Waals surface area contributed by atoms with Gasteiger partial charge in [-0.3, -0.25) is 10.2 Å². The Bertz CT molecular complexity index is 415. The standard InChI is InChI=1S/C9H10ClN3O4/c1-6(10)12-17-9(14)11-7-2-4-8(5-3-7)13(15)16/h2-5,13,15H,1H3,(H,11,14)/b12-6+. The molecule has 0 aliphatic rings. The summed E-state index contributed by atoms with van der Waals surface area (Å²) >= 11 is 5.36. The van der Waals surface area contributed by atoms with E-state index in [-0.39, 0.29) is 10.9 Å². The van der Waals surface area contributed by atoms with Crippen LogP contribution in [0, 0.1) is 5.21 Å². The second kappa shape index (κ2) is 6.16. The second-order valence-corrected chi connectivity index (χ2v) is 3.52. The van der Waals surface area contributed by atoms with E-state index in [2.05, 4.69) is 15.3 Å². The first-order valence-corrected chi connectivity index (χ1v) is 4.88. The van der Waals surface area contributed by atoms with E-state index in [1.807, 2.05) is 0 Å². The van der Waals surface area contributed by atoms with E-state index < -0.39 is 11.3 Å². The quantitative estimate of drug-likeness (QED) is 0.432. The molecule has 0 aromatic heterocycles. The number of oxime groups is 1. The average molecular weight is 260 g/mol. The van der Waals surface area contributed by atoms with Crippen molar-refractivity contribution < 1.29 is 20.1 Å². The lowest BCUT2D eigenvalue weighted by molar-refractivity contribution is -0.991. The number of nitrogens with one attached hydrogen (secondary N) is 2. The molecule has 0 aliphatic carbocycles. The summed E-state index contributed by atoms with van der Waals surface area (Å²) < 4.78 is 0. The highest BCUT2D eigenvalue weighted by atomic mass is 35.5. The number of hydrogen-bond donors (Lipinski definition) is 3. The topological polar surface area (TPSA) is 98.4 Å². The molecule has 0 fully saturated rings. The zero-order valence-electron chi connectivity index (χ0n) is 8.81. The van der Waals surface area contributed by atoms with Crippen LogP contribution in [0.25, 0.3) is 0 Å². The Morgan fingerprint density at radius 2 is 2.12 bits per heavy atom. The average Bonchev–Trinajstić information content (AvgIpc) is 2.27. The molecule has 0 saturated heterocycles. The van der Waals surface area contributed by atoms with E-state index in [1.54, 1.807) is 0 Å². The molecule has 0 heterocycles. The Morgan fingerprint density at radius 3 is 2.59 bits per heavy atom. The van der Waals surface area contributed by atoms with Crippen LogP contribution in [0.2, 0.25) is 0 Å². The van der Waals surface area contributed by atoms with Crippen LogP contribution in [0.5, 0.6) is 0 Å². The zero-order chi connectivity index (χ0) is 12.8. The molecule has 17 heavy (non-hydrogen) atoms. The summed E-state index contributed by atoms with van der Waals surface area (Å²) in [6.07, 6.45) is -0.812. The Labute approximate surface area is 102 Å². The second-order valence-electron chi connectivity index (χ2n) is 2.97. The van der Waals surface area contributed by atoms with Gasteiger partial charge < -0.3 is 5.21 Å². The third kappa shape index (κ3) is 4.79. The summed E-state index contributed by atoms with van der Waals surface area (Å²) in [5, 5.41) is 23.9. The SMILES string of the molecule is C/C(Cl)=N\OC(=O)Nc1ccc([NH+]([O-])O)cc1. The minimum absolute atomic E-state index is 0.0846. The van der Waals surface area contributed by atoms with E-state index in [1.165, 1.54) is 31.2 Å². The summed E-state index contributed by atoms with van der Waals surface area (Å²) in [6, 6.07) is 5.58. The van der Waals surface area contributed by atoms with Gasteiger partial charge in [-0.25, -0.2) is 10.0 Å². The molecule has 1 aromatic rings. The molecule has 1 atom stereocenters. The summed E-state index contributed by atoms with van der Waals surface area (Å²) in [7, 11) is 0. The van der Waals surface area contributed by atoms with Crippen molar-refractivity contribution in [1.29, 1.82) is 0 Å². The van der Waals surface area contributed by atoms with Crippen LogP contribution in [0.4, 0.5) is 16.2 Å². The minimum atomic E-state index is -1.04. The molecule has 0 spiro atoms. The van der Waals surface area contributed by atoms with E-state index in [0.29, 0.717) is 5.69 Å². The van der Waals surface area contributed by atoms with Crippen molar-refractivity contribution in [2.24, 2.45) is 5.16 Å².